The lowest BCUT2D eigenvalue weighted by Crippen LogP contribution is -2.40. The molecule has 1 aliphatic heterocycles. The highest BCUT2D eigenvalue weighted by molar-refractivity contribution is 5.92. The van der Waals surface area contributed by atoms with Gasteiger partial charge in [-0.1, -0.05) is 20.3 Å². The SMILES string of the molecule is CC(=O)N1N=C2CCCCC2C1C(C)C. The van der Waals surface area contributed by atoms with Gasteiger partial charge in [-0.2, -0.15) is 5.10 Å². The van der Waals surface area contributed by atoms with Crippen molar-refractivity contribution in [3.63, 3.8) is 0 Å². The molecule has 0 bridgehead atoms. The van der Waals surface area contributed by atoms with Gasteiger partial charge in [-0.15, -0.1) is 0 Å². The second-order valence-corrected chi connectivity index (χ2v) is 5.04. The number of rotatable bonds is 1. The Kier molecular flexibility index (Phi) is 2.81. The summed E-state index contributed by atoms with van der Waals surface area (Å²) in [7, 11) is 0. The fraction of sp³-hybridized carbons (Fsp3) is 0.833. The van der Waals surface area contributed by atoms with Crippen LogP contribution in [0.3, 0.4) is 0 Å². The number of fused-ring (bicyclic) bond motifs is 1. The number of carbonyl (C=O) groups is 1. The number of hydrazone groups is 1. The molecule has 0 aromatic carbocycles. The van der Waals surface area contributed by atoms with E-state index in [0.29, 0.717) is 17.9 Å². The van der Waals surface area contributed by atoms with E-state index in [1.807, 2.05) is 0 Å². The van der Waals surface area contributed by atoms with E-state index in [9.17, 15) is 4.79 Å². The Morgan fingerprint density at radius 1 is 1.47 bits per heavy atom. The van der Waals surface area contributed by atoms with E-state index in [4.69, 9.17) is 0 Å². The van der Waals surface area contributed by atoms with Gasteiger partial charge in [0.1, 0.15) is 0 Å². The zero-order valence-corrected chi connectivity index (χ0v) is 9.86. The first-order valence-electron chi connectivity index (χ1n) is 5.98. The van der Waals surface area contributed by atoms with Crippen LogP contribution in [0.5, 0.6) is 0 Å². The molecule has 0 N–H and O–H groups in total. The number of hydrogen-bond donors (Lipinski definition) is 0. The summed E-state index contributed by atoms with van der Waals surface area (Å²) < 4.78 is 0. The highest BCUT2D eigenvalue weighted by Gasteiger charge is 2.41. The maximum absolute atomic E-state index is 11.5. The monoisotopic (exact) mass is 208 g/mol. The van der Waals surface area contributed by atoms with E-state index in [1.54, 1.807) is 11.9 Å². The second-order valence-electron chi connectivity index (χ2n) is 5.04. The molecule has 2 unspecified atom stereocenters. The van der Waals surface area contributed by atoms with E-state index in [-0.39, 0.29) is 5.91 Å². The lowest BCUT2D eigenvalue weighted by molar-refractivity contribution is -0.132. The molecule has 1 aliphatic carbocycles. The largest absolute Gasteiger partial charge is 0.273 e. The summed E-state index contributed by atoms with van der Waals surface area (Å²) in [5.41, 5.74) is 1.27. The van der Waals surface area contributed by atoms with Crippen LogP contribution in [0.25, 0.3) is 0 Å². The third kappa shape index (κ3) is 1.80. The van der Waals surface area contributed by atoms with E-state index < -0.39 is 0 Å². The van der Waals surface area contributed by atoms with Crippen LogP contribution in [-0.2, 0) is 4.79 Å². The zero-order valence-electron chi connectivity index (χ0n) is 9.86. The average Bonchev–Trinajstić information content (AvgIpc) is 2.56. The van der Waals surface area contributed by atoms with Gasteiger partial charge in [0.05, 0.1) is 6.04 Å². The van der Waals surface area contributed by atoms with Gasteiger partial charge >= 0.3 is 0 Å². The molecule has 0 spiro atoms. The van der Waals surface area contributed by atoms with Crippen LogP contribution < -0.4 is 0 Å². The van der Waals surface area contributed by atoms with Crippen molar-refractivity contribution in [1.29, 1.82) is 0 Å². The minimum atomic E-state index is 0.0931. The van der Waals surface area contributed by atoms with Gasteiger partial charge < -0.3 is 0 Å². The topological polar surface area (TPSA) is 32.7 Å². The molecule has 1 heterocycles. The van der Waals surface area contributed by atoms with Gasteiger partial charge in [-0.25, -0.2) is 5.01 Å². The van der Waals surface area contributed by atoms with Crippen molar-refractivity contribution in [2.75, 3.05) is 0 Å². The summed E-state index contributed by atoms with van der Waals surface area (Å²) in [6.45, 7) is 6.00. The molecular weight excluding hydrogens is 188 g/mol. The fourth-order valence-electron chi connectivity index (χ4n) is 2.92. The van der Waals surface area contributed by atoms with Gasteiger partial charge in [0, 0.05) is 18.6 Å². The number of nitrogens with zero attached hydrogens (tertiary/aromatic N) is 2. The molecule has 1 amide bonds. The molecule has 3 heteroatoms. The minimum Gasteiger partial charge on any atom is -0.273 e. The molecule has 2 atom stereocenters. The fourth-order valence-corrected chi connectivity index (χ4v) is 2.92. The van der Waals surface area contributed by atoms with Crippen LogP contribution in [0.1, 0.15) is 46.5 Å². The van der Waals surface area contributed by atoms with Crippen molar-refractivity contribution < 1.29 is 4.79 Å². The Hall–Kier alpha value is -0.860. The smallest absolute Gasteiger partial charge is 0.239 e. The van der Waals surface area contributed by atoms with Crippen LogP contribution >= 0.6 is 0 Å². The molecule has 1 fully saturated rings. The van der Waals surface area contributed by atoms with E-state index >= 15 is 0 Å². The summed E-state index contributed by atoms with van der Waals surface area (Å²) in [6, 6.07) is 0.317. The molecule has 0 radical (unpaired) electrons. The average molecular weight is 208 g/mol. The van der Waals surface area contributed by atoms with Gasteiger partial charge in [-0.3, -0.25) is 4.79 Å². The van der Waals surface area contributed by atoms with Crippen LogP contribution in [0.2, 0.25) is 0 Å². The molecule has 15 heavy (non-hydrogen) atoms. The maximum Gasteiger partial charge on any atom is 0.239 e. The molecule has 1 saturated carbocycles. The number of hydrogen-bond acceptors (Lipinski definition) is 2. The standard InChI is InChI=1S/C12H20N2O/c1-8(2)12-10-6-4-5-7-11(10)13-14(12)9(3)15/h8,10,12H,4-7H2,1-3H3. The summed E-state index contributed by atoms with van der Waals surface area (Å²) in [6.07, 6.45) is 4.84. The molecule has 84 valence electrons. The second kappa shape index (κ2) is 3.95. The summed E-state index contributed by atoms with van der Waals surface area (Å²) in [4.78, 5) is 11.5. The Balaban J connectivity index is 2.24. The Morgan fingerprint density at radius 3 is 2.80 bits per heavy atom. The molecular formula is C12H20N2O. The van der Waals surface area contributed by atoms with Gasteiger partial charge in [-0.05, 0) is 25.2 Å². The van der Waals surface area contributed by atoms with Crippen LogP contribution in [0.15, 0.2) is 5.10 Å². The lowest BCUT2D eigenvalue weighted by Gasteiger charge is -2.30. The van der Waals surface area contributed by atoms with Gasteiger partial charge in [0.25, 0.3) is 0 Å². The van der Waals surface area contributed by atoms with E-state index in [2.05, 4.69) is 18.9 Å². The van der Waals surface area contributed by atoms with Crippen LogP contribution in [0, 0.1) is 11.8 Å². The zero-order chi connectivity index (χ0) is 11.0. The van der Waals surface area contributed by atoms with Crippen molar-refractivity contribution >= 4 is 11.6 Å². The maximum atomic E-state index is 11.5. The number of carbonyl (C=O) groups excluding carboxylic acids is 1. The molecule has 2 rings (SSSR count). The Labute approximate surface area is 91.5 Å². The lowest BCUT2D eigenvalue weighted by atomic mass is 9.79. The third-order valence-electron chi connectivity index (χ3n) is 3.56. The molecule has 2 aliphatic rings. The van der Waals surface area contributed by atoms with E-state index in [0.717, 1.165) is 6.42 Å². The molecule has 0 saturated heterocycles. The predicted octanol–water partition coefficient (Wildman–Crippen LogP) is 2.42. The highest BCUT2D eigenvalue weighted by Crippen LogP contribution is 2.36. The Morgan fingerprint density at radius 2 is 2.20 bits per heavy atom. The molecule has 0 aromatic rings. The van der Waals surface area contributed by atoms with Gasteiger partial charge in [0.2, 0.25) is 5.91 Å². The first-order chi connectivity index (χ1) is 7.11. The van der Waals surface area contributed by atoms with Crippen molar-refractivity contribution in [2.45, 2.75) is 52.5 Å². The predicted molar refractivity (Wildman–Crippen MR) is 60.5 cm³/mol. The summed E-state index contributed by atoms with van der Waals surface area (Å²) in [5, 5.41) is 6.24. The molecule has 0 aromatic heterocycles. The Bertz CT molecular complexity index is 296. The van der Waals surface area contributed by atoms with Crippen LogP contribution in [0.4, 0.5) is 0 Å². The first-order valence-corrected chi connectivity index (χ1v) is 5.98. The number of amides is 1. The van der Waals surface area contributed by atoms with Gasteiger partial charge in [0.15, 0.2) is 0 Å². The van der Waals surface area contributed by atoms with E-state index in [1.165, 1.54) is 25.0 Å². The quantitative estimate of drug-likeness (QED) is 0.651. The third-order valence-corrected chi connectivity index (χ3v) is 3.56. The summed E-state index contributed by atoms with van der Waals surface area (Å²) >= 11 is 0. The van der Waals surface area contributed by atoms with Crippen molar-refractivity contribution in [3.05, 3.63) is 0 Å². The van der Waals surface area contributed by atoms with Crippen molar-refractivity contribution in [2.24, 2.45) is 16.9 Å². The minimum absolute atomic E-state index is 0.0931. The van der Waals surface area contributed by atoms with Crippen LogP contribution in [-0.4, -0.2) is 22.7 Å². The van der Waals surface area contributed by atoms with Crippen molar-refractivity contribution in [1.82, 2.24) is 5.01 Å². The highest BCUT2D eigenvalue weighted by atomic mass is 16.2. The molecule has 3 nitrogen and oxygen atoms in total. The van der Waals surface area contributed by atoms with Crippen molar-refractivity contribution in [3.8, 4) is 0 Å². The normalized spacial score (nSPS) is 30.4. The first kappa shape index (κ1) is 10.7. The summed E-state index contributed by atoms with van der Waals surface area (Å²) in [5.74, 6) is 1.14.